The Labute approximate surface area is 151 Å². The van der Waals surface area contributed by atoms with Gasteiger partial charge in [-0.25, -0.2) is 0 Å². The first kappa shape index (κ1) is 18.0. The van der Waals surface area contributed by atoms with E-state index >= 15 is 0 Å². The van der Waals surface area contributed by atoms with Crippen LogP contribution in [-0.4, -0.2) is 22.7 Å². The molecule has 0 aliphatic rings. The van der Waals surface area contributed by atoms with Gasteiger partial charge in [0.25, 0.3) is 0 Å². The van der Waals surface area contributed by atoms with Crippen LogP contribution in [0.1, 0.15) is 17.9 Å². The van der Waals surface area contributed by atoms with Gasteiger partial charge >= 0.3 is 6.61 Å². The van der Waals surface area contributed by atoms with Gasteiger partial charge in [0.15, 0.2) is 0 Å². The zero-order chi connectivity index (χ0) is 18.4. The SMILES string of the molecule is O=C(CCc1nc(-c2cccs2)no1)NCc1ccccc1OC(F)F. The summed E-state index contributed by atoms with van der Waals surface area (Å²) in [6.07, 6.45) is 0.434. The van der Waals surface area contributed by atoms with Gasteiger partial charge in [0.1, 0.15) is 5.75 Å². The predicted molar refractivity (Wildman–Crippen MR) is 90.9 cm³/mol. The Morgan fingerprint density at radius 3 is 2.88 bits per heavy atom. The fourth-order valence-corrected chi connectivity index (χ4v) is 2.87. The average Bonchev–Trinajstić information content (AvgIpc) is 3.30. The lowest BCUT2D eigenvalue weighted by Gasteiger charge is -2.11. The van der Waals surface area contributed by atoms with Gasteiger partial charge in [0.05, 0.1) is 4.88 Å². The van der Waals surface area contributed by atoms with E-state index in [4.69, 9.17) is 4.52 Å². The smallest absolute Gasteiger partial charge is 0.387 e. The molecule has 0 fully saturated rings. The Morgan fingerprint density at radius 2 is 2.12 bits per heavy atom. The largest absolute Gasteiger partial charge is 0.434 e. The highest BCUT2D eigenvalue weighted by Crippen LogP contribution is 2.22. The number of carbonyl (C=O) groups is 1. The second kappa shape index (κ2) is 8.52. The molecule has 0 bridgehead atoms. The molecule has 0 atom stereocenters. The van der Waals surface area contributed by atoms with Crippen LogP contribution in [0.25, 0.3) is 10.7 Å². The summed E-state index contributed by atoms with van der Waals surface area (Å²) in [5.74, 6) is 0.645. The standard InChI is InChI=1S/C17H15F2N3O3S/c18-17(19)24-12-5-2-1-4-11(12)10-20-14(23)7-8-15-21-16(22-25-15)13-6-3-9-26-13/h1-6,9,17H,7-8,10H2,(H,20,23). The topological polar surface area (TPSA) is 77.2 Å². The quantitative estimate of drug-likeness (QED) is 0.646. The number of hydrogen-bond acceptors (Lipinski definition) is 6. The van der Waals surface area contributed by atoms with Gasteiger partial charge in [-0.05, 0) is 17.5 Å². The van der Waals surface area contributed by atoms with Crippen LogP contribution in [0.2, 0.25) is 0 Å². The van der Waals surface area contributed by atoms with Crippen molar-refractivity contribution in [2.24, 2.45) is 0 Å². The fraction of sp³-hybridized carbons (Fsp3) is 0.235. The normalized spacial score (nSPS) is 10.9. The highest BCUT2D eigenvalue weighted by atomic mass is 32.1. The molecular formula is C17H15F2N3O3S. The van der Waals surface area contributed by atoms with Gasteiger partial charge in [-0.3, -0.25) is 4.79 Å². The van der Waals surface area contributed by atoms with Gasteiger partial charge in [0.2, 0.25) is 17.6 Å². The van der Waals surface area contributed by atoms with Crippen LogP contribution in [0.5, 0.6) is 5.75 Å². The van der Waals surface area contributed by atoms with E-state index in [0.717, 1.165) is 4.88 Å². The summed E-state index contributed by atoms with van der Waals surface area (Å²) in [5, 5.41) is 8.45. The zero-order valence-electron chi connectivity index (χ0n) is 13.5. The number of aryl methyl sites for hydroxylation is 1. The molecule has 136 valence electrons. The fourth-order valence-electron chi connectivity index (χ4n) is 2.23. The van der Waals surface area contributed by atoms with E-state index in [9.17, 15) is 13.6 Å². The molecule has 2 aromatic heterocycles. The van der Waals surface area contributed by atoms with E-state index in [1.807, 2.05) is 17.5 Å². The minimum atomic E-state index is -2.91. The van der Waals surface area contributed by atoms with Crippen molar-refractivity contribution in [1.29, 1.82) is 0 Å². The Balaban J connectivity index is 1.49. The summed E-state index contributed by atoms with van der Waals surface area (Å²) in [5.41, 5.74) is 0.471. The van der Waals surface area contributed by atoms with Crippen molar-refractivity contribution in [2.75, 3.05) is 0 Å². The first-order chi connectivity index (χ1) is 12.6. The third-order valence-corrected chi connectivity index (χ3v) is 4.31. The lowest BCUT2D eigenvalue weighted by molar-refractivity contribution is -0.121. The molecule has 1 N–H and O–H groups in total. The highest BCUT2D eigenvalue weighted by Gasteiger charge is 2.13. The van der Waals surface area contributed by atoms with Crippen LogP contribution in [0.4, 0.5) is 8.78 Å². The molecule has 0 aliphatic carbocycles. The zero-order valence-corrected chi connectivity index (χ0v) is 14.3. The van der Waals surface area contributed by atoms with E-state index in [-0.39, 0.29) is 24.6 Å². The van der Waals surface area contributed by atoms with Crippen LogP contribution >= 0.6 is 11.3 Å². The molecule has 9 heteroatoms. The molecule has 0 aliphatic heterocycles. The number of nitrogens with zero attached hydrogens (tertiary/aromatic N) is 2. The first-order valence-corrected chi connectivity index (χ1v) is 8.65. The van der Waals surface area contributed by atoms with Crippen molar-refractivity contribution >= 4 is 17.2 Å². The number of halogens is 2. The maximum absolute atomic E-state index is 12.4. The van der Waals surface area contributed by atoms with Crippen molar-refractivity contribution in [3.8, 4) is 16.5 Å². The number of ether oxygens (including phenoxy) is 1. The second-order valence-corrected chi connectivity index (χ2v) is 6.20. The monoisotopic (exact) mass is 379 g/mol. The van der Waals surface area contributed by atoms with E-state index in [2.05, 4.69) is 20.2 Å². The maximum atomic E-state index is 12.4. The Hall–Kier alpha value is -2.81. The van der Waals surface area contributed by atoms with E-state index in [1.165, 1.54) is 17.4 Å². The minimum Gasteiger partial charge on any atom is -0.434 e. The second-order valence-electron chi connectivity index (χ2n) is 5.25. The lowest BCUT2D eigenvalue weighted by atomic mass is 10.2. The average molecular weight is 379 g/mol. The van der Waals surface area contributed by atoms with Crippen molar-refractivity contribution in [1.82, 2.24) is 15.5 Å². The maximum Gasteiger partial charge on any atom is 0.387 e. The summed E-state index contributed by atoms with van der Waals surface area (Å²) in [7, 11) is 0. The summed E-state index contributed by atoms with van der Waals surface area (Å²) in [4.78, 5) is 17.1. The molecule has 0 spiro atoms. The Bertz CT molecular complexity index is 853. The number of carbonyl (C=O) groups excluding carboxylic acids is 1. The first-order valence-electron chi connectivity index (χ1n) is 7.77. The summed E-state index contributed by atoms with van der Waals surface area (Å²) >= 11 is 1.50. The van der Waals surface area contributed by atoms with E-state index in [1.54, 1.807) is 18.2 Å². The molecule has 2 heterocycles. The number of thiophene rings is 1. The number of para-hydroxylation sites is 1. The molecular weight excluding hydrogens is 364 g/mol. The summed E-state index contributed by atoms with van der Waals surface area (Å²) in [6, 6.07) is 10.1. The number of rotatable bonds is 8. The number of benzene rings is 1. The van der Waals surface area contributed by atoms with Crippen LogP contribution in [0, 0.1) is 0 Å². The van der Waals surface area contributed by atoms with Gasteiger partial charge in [-0.2, -0.15) is 13.8 Å². The Morgan fingerprint density at radius 1 is 1.27 bits per heavy atom. The number of hydrogen-bond donors (Lipinski definition) is 1. The third kappa shape index (κ3) is 4.85. The molecule has 6 nitrogen and oxygen atoms in total. The van der Waals surface area contributed by atoms with E-state index < -0.39 is 6.61 Å². The van der Waals surface area contributed by atoms with Gasteiger partial charge in [0, 0.05) is 24.9 Å². The number of amides is 1. The molecule has 3 aromatic rings. The third-order valence-electron chi connectivity index (χ3n) is 3.44. The molecule has 1 aromatic carbocycles. The van der Waals surface area contributed by atoms with Gasteiger partial charge in [-0.1, -0.05) is 29.4 Å². The molecule has 26 heavy (non-hydrogen) atoms. The van der Waals surface area contributed by atoms with Crippen LogP contribution < -0.4 is 10.1 Å². The van der Waals surface area contributed by atoms with Crippen LogP contribution in [-0.2, 0) is 17.8 Å². The van der Waals surface area contributed by atoms with Gasteiger partial charge in [-0.15, -0.1) is 11.3 Å². The number of aromatic nitrogens is 2. The molecule has 1 amide bonds. The van der Waals surface area contributed by atoms with Crippen molar-refractivity contribution in [3.05, 3.63) is 53.2 Å². The lowest BCUT2D eigenvalue weighted by Crippen LogP contribution is -2.23. The van der Waals surface area contributed by atoms with Crippen molar-refractivity contribution < 1.29 is 22.8 Å². The highest BCUT2D eigenvalue weighted by molar-refractivity contribution is 7.13. The molecule has 0 saturated carbocycles. The van der Waals surface area contributed by atoms with Crippen LogP contribution in [0.3, 0.4) is 0 Å². The van der Waals surface area contributed by atoms with Crippen LogP contribution in [0.15, 0.2) is 46.3 Å². The van der Waals surface area contributed by atoms with E-state index in [0.29, 0.717) is 23.7 Å². The minimum absolute atomic E-state index is 0.0419. The van der Waals surface area contributed by atoms with Crippen molar-refractivity contribution in [2.45, 2.75) is 26.0 Å². The van der Waals surface area contributed by atoms with Crippen molar-refractivity contribution in [3.63, 3.8) is 0 Å². The molecule has 0 unspecified atom stereocenters. The summed E-state index contributed by atoms with van der Waals surface area (Å²) in [6.45, 7) is -2.83. The molecule has 3 rings (SSSR count). The number of alkyl halides is 2. The van der Waals surface area contributed by atoms with Gasteiger partial charge < -0.3 is 14.6 Å². The molecule has 0 saturated heterocycles. The predicted octanol–water partition coefficient (Wildman–Crippen LogP) is 3.65. The summed E-state index contributed by atoms with van der Waals surface area (Å²) < 4.78 is 34.3. The molecule has 0 radical (unpaired) electrons. The number of nitrogens with one attached hydrogen (secondary N) is 1. The Kier molecular flexibility index (Phi) is 5.90.